The van der Waals surface area contributed by atoms with Gasteiger partial charge in [0, 0.05) is 23.9 Å². The van der Waals surface area contributed by atoms with Gasteiger partial charge in [-0.2, -0.15) is 5.01 Å². The van der Waals surface area contributed by atoms with Crippen LogP contribution in [0.1, 0.15) is 48.3 Å². The number of hydrazine groups is 1. The Hall–Kier alpha value is -5.03. The molecule has 3 fully saturated rings. The van der Waals surface area contributed by atoms with Crippen LogP contribution < -0.4 is 5.43 Å². The number of hydrogen-bond acceptors (Lipinski definition) is 7. The van der Waals surface area contributed by atoms with E-state index in [1.165, 1.54) is 30.3 Å². The number of aliphatic carboxylic acids is 1. The molecule has 4 amide bonds. The first-order valence-electron chi connectivity index (χ1n) is 16.2. The maximum absolute atomic E-state index is 15.1. The van der Waals surface area contributed by atoms with Crippen LogP contribution in [0, 0.1) is 36.4 Å². The zero-order valence-electron chi connectivity index (χ0n) is 26.4. The van der Waals surface area contributed by atoms with Crippen molar-refractivity contribution in [3.63, 3.8) is 0 Å². The Balaban J connectivity index is 1.40. The van der Waals surface area contributed by atoms with Gasteiger partial charge in [0.05, 0.1) is 28.9 Å². The first-order valence-corrected chi connectivity index (χ1v) is 16.5. The number of hydrogen-bond donors (Lipinski definition) is 3. The van der Waals surface area contributed by atoms with E-state index in [0.29, 0.717) is 27.4 Å². The fourth-order valence-corrected chi connectivity index (χ4v) is 8.69. The number of nitrogens with zero attached hydrogens (tertiary/aromatic N) is 2. The summed E-state index contributed by atoms with van der Waals surface area (Å²) in [5, 5.41) is 21.0. The highest BCUT2D eigenvalue weighted by Crippen LogP contribution is 2.64. The molecule has 3 aromatic carbocycles. The Kier molecular flexibility index (Phi) is 8.05. The summed E-state index contributed by atoms with van der Waals surface area (Å²) in [7, 11) is 0. The summed E-state index contributed by atoms with van der Waals surface area (Å²) in [6.07, 6.45) is 2.15. The largest absolute Gasteiger partial charge is 0.508 e. The van der Waals surface area contributed by atoms with Crippen LogP contribution in [0.3, 0.4) is 0 Å². The highest BCUT2D eigenvalue weighted by molar-refractivity contribution is 6.30. The molecular weight excluding hydrogens is 653 g/mol. The smallest absolute Gasteiger partial charge is 0.303 e. The molecule has 10 nitrogen and oxygen atoms in total. The monoisotopic (exact) mass is 685 g/mol. The third-order valence-electron chi connectivity index (χ3n) is 10.7. The second-order valence-electron chi connectivity index (χ2n) is 13.2. The number of phenolic OH excluding ortho intramolecular Hbond substituents is 1. The molecule has 2 saturated heterocycles. The fourth-order valence-electron chi connectivity index (χ4n) is 8.56. The van der Waals surface area contributed by atoms with Crippen molar-refractivity contribution in [1.29, 1.82) is 0 Å². The highest BCUT2D eigenvalue weighted by atomic mass is 35.5. The van der Waals surface area contributed by atoms with Gasteiger partial charge in [0.25, 0.3) is 11.8 Å². The molecule has 3 aromatic rings. The number of amides is 4. The summed E-state index contributed by atoms with van der Waals surface area (Å²) in [6.45, 7) is 1.71. The third kappa shape index (κ3) is 5.10. The minimum absolute atomic E-state index is 0.0233. The van der Waals surface area contributed by atoms with Gasteiger partial charge in [-0.1, -0.05) is 47.5 Å². The second-order valence-corrected chi connectivity index (χ2v) is 13.7. The van der Waals surface area contributed by atoms with Gasteiger partial charge in [-0.15, -0.1) is 0 Å². The lowest BCUT2D eigenvalue weighted by Gasteiger charge is -2.50. The molecule has 2 aliphatic carbocycles. The van der Waals surface area contributed by atoms with Crippen molar-refractivity contribution < 1.29 is 38.6 Å². The van der Waals surface area contributed by atoms with Gasteiger partial charge in [-0.25, -0.2) is 4.39 Å². The van der Waals surface area contributed by atoms with Gasteiger partial charge in [0.15, 0.2) is 0 Å². The maximum Gasteiger partial charge on any atom is 0.303 e. The van der Waals surface area contributed by atoms with Gasteiger partial charge in [0.1, 0.15) is 11.6 Å². The van der Waals surface area contributed by atoms with E-state index in [1.54, 1.807) is 43.3 Å². The van der Waals surface area contributed by atoms with E-state index < -0.39 is 64.5 Å². The molecule has 0 bridgehead atoms. The molecule has 2 heterocycles. The van der Waals surface area contributed by atoms with E-state index in [1.807, 2.05) is 6.08 Å². The number of imide groups is 2. The molecule has 0 aromatic heterocycles. The van der Waals surface area contributed by atoms with Crippen molar-refractivity contribution in [2.75, 3.05) is 12.0 Å². The number of rotatable bonds is 8. The predicted octanol–water partition coefficient (Wildman–Crippen LogP) is 5.34. The number of aryl methyl sites for hydroxylation is 1. The van der Waals surface area contributed by atoms with Crippen LogP contribution in [0.4, 0.5) is 10.1 Å². The van der Waals surface area contributed by atoms with Crippen molar-refractivity contribution in [2.24, 2.45) is 23.7 Å². The fraction of sp³-hybridized carbons (Fsp3) is 0.324. The molecule has 252 valence electrons. The molecule has 0 spiro atoms. The minimum Gasteiger partial charge on any atom is -0.508 e. The van der Waals surface area contributed by atoms with Gasteiger partial charge >= 0.3 is 5.97 Å². The number of carboxylic acid groups (broad SMARTS) is 1. The molecular formula is C37H33ClFN3O7. The summed E-state index contributed by atoms with van der Waals surface area (Å²) >= 11 is 6.31. The van der Waals surface area contributed by atoms with Crippen LogP contribution >= 0.6 is 11.6 Å². The van der Waals surface area contributed by atoms with Crippen molar-refractivity contribution in [3.8, 4) is 5.75 Å². The Morgan fingerprint density at radius 1 is 0.980 bits per heavy atom. The summed E-state index contributed by atoms with van der Waals surface area (Å²) in [4.78, 5) is 69.7. The molecule has 4 aliphatic rings. The topological polar surface area (TPSA) is 144 Å². The summed E-state index contributed by atoms with van der Waals surface area (Å²) in [5.74, 6) is -7.20. The van der Waals surface area contributed by atoms with E-state index in [4.69, 9.17) is 16.7 Å². The zero-order chi connectivity index (χ0) is 34.8. The van der Waals surface area contributed by atoms with Crippen LogP contribution in [0.25, 0.3) is 0 Å². The predicted molar refractivity (Wildman–Crippen MR) is 175 cm³/mol. The average molecular weight is 686 g/mol. The first-order chi connectivity index (χ1) is 23.4. The molecule has 1 saturated carbocycles. The lowest BCUT2D eigenvalue weighted by molar-refractivity contribution is -0.142. The third-order valence-corrected chi connectivity index (χ3v) is 10.9. The number of halogens is 2. The summed E-state index contributed by atoms with van der Waals surface area (Å²) < 4.78 is 13.8. The number of allylic oxidation sites excluding steroid dienone is 2. The van der Waals surface area contributed by atoms with Gasteiger partial charge in [0.2, 0.25) is 11.8 Å². The number of carbonyl (C=O) groups excluding carboxylic acids is 4. The molecule has 3 N–H and O–H groups in total. The number of nitrogens with one attached hydrogen (secondary N) is 1. The molecule has 0 unspecified atom stereocenters. The number of fused-ring (bicyclic) bond motifs is 4. The number of anilines is 1. The standard InChI is InChI=1S/C37H33ClFN3O7/c1-19-17-20(4-15-29(19)43)32-25-13-14-26-31(35(48)41(33(26)46)16-2-3-30(44)45)27(25)18-28-34(47)42(40-24-11-9-23(39)10-12-24)36(49)37(28,32)21-5-7-22(38)8-6-21/h4-13,15,17,26-28,31-32,40,43H,2-3,14,16,18H2,1H3,(H,44,45)/t26-,27+,28-,31-,32-,37+/m0/s1. The van der Waals surface area contributed by atoms with Gasteiger partial charge in [-0.05, 0) is 91.3 Å². The van der Waals surface area contributed by atoms with Gasteiger partial charge in [-0.3, -0.25) is 34.3 Å². The molecule has 12 heteroatoms. The Morgan fingerprint density at radius 2 is 1.69 bits per heavy atom. The number of aromatic hydroxyl groups is 1. The lowest BCUT2D eigenvalue weighted by atomic mass is 9.49. The lowest BCUT2D eigenvalue weighted by Crippen LogP contribution is -2.53. The molecule has 0 radical (unpaired) electrons. The van der Waals surface area contributed by atoms with E-state index in [9.17, 15) is 28.7 Å². The minimum atomic E-state index is -1.53. The average Bonchev–Trinajstić information content (AvgIpc) is 3.44. The van der Waals surface area contributed by atoms with Crippen LogP contribution in [-0.4, -0.2) is 56.3 Å². The van der Waals surface area contributed by atoms with Crippen LogP contribution in [0.2, 0.25) is 5.02 Å². The quantitative estimate of drug-likeness (QED) is 0.213. The Bertz CT molecular complexity index is 1930. The normalized spacial score (nSPS) is 27.5. The van der Waals surface area contributed by atoms with Crippen LogP contribution in [0.15, 0.2) is 78.4 Å². The number of carbonyl (C=O) groups is 5. The first kappa shape index (κ1) is 32.5. The Labute approximate surface area is 286 Å². The second kappa shape index (κ2) is 12.1. The van der Waals surface area contributed by atoms with E-state index >= 15 is 4.79 Å². The van der Waals surface area contributed by atoms with Crippen LogP contribution in [-0.2, 0) is 29.4 Å². The zero-order valence-corrected chi connectivity index (χ0v) is 27.2. The summed E-state index contributed by atoms with van der Waals surface area (Å²) in [5.41, 5.74) is 4.17. The number of likely N-dealkylation sites (tertiary alicyclic amines) is 1. The van der Waals surface area contributed by atoms with E-state index in [-0.39, 0.29) is 43.9 Å². The molecule has 2 aliphatic heterocycles. The number of benzene rings is 3. The molecule has 6 atom stereocenters. The van der Waals surface area contributed by atoms with E-state index in [2.05, 4.69) is 5.43 Å². The molecule has 7 rings (SSSR count). The number of phenols is 1. The summed E-state index contributed by atoms with van der Waals surface area (Å²) in [6, 6.07) is 17.0. The molecule has 49 heavy (non-hydrogen) atoms. The SMILES string of the molecule is Cc1cc([C@H]2C3=CC[C@@H]4C(=O)N(CCCC(=O)O)C(=O)[C@@H]4[C@@H]3C[C@H]3C(=O)N(Nc4ccc(F)cc4)C(=O)[C@@]23c2ccc(Cl)cc2)ccc1O. The van der Waals surface area contributed by atoms with Crippen molar-refractivity contribution in [2.45, 2.75) is 43.9 Å². The number of carboxylic acids is 1. The highest BCUT2D eigenvalue weighted by Gasteiger charge is 2.70. The Morgan fingerprint density at radius 3 is 2.37 bits per heavy atom. The van der Waals surface area contributed by atoms with Gasteiger partial charge < -0.3 is 10.2 Å². The maximum atomic E-state index is 15.1. The van der Waals surface area contributed by atoms with Crippen LogP contribution in [0.5, 0.6) is 5.75 Å². The van der Waals surface area contributed by atoms with Crippen molar-refractivity contribution >= 4 is 46.9 Å². The van der Waals surface area contributed by atoms with E-state index in [0.717, 1.165) is 15.5 Å². The van der Waals surface area contributed by atoms with Crippen molar-refractivity contribution in [3.05, 3.63) is 106 Å². The van der Waals surface area contributed by atoms with Crippen molar-refractivity contribution in [1.82, 2.24) is 9.91 Å².